The highest BCUT2D eigenvalue weighted by Gasteiger charge is 2.03. The Labute approximate surface area is 106 Å². The highest BCUT2D eigenvalue weighted by molar-refractivity contribution is 6.19. The van der Waals surface area contributed by atoms with Crippen molar-refractivity contribution in [1.29, 1.82) is 0 Å². The summed E-state index contributed by atoms with van der Waals surface area (Å²) in [5, 5.41) is 0. The van der Waals surface area contributed by atoms with Gasteiger partial charge in [-0.3, -0.25) is 0 Å². The van der Waals surface area contributed by atoms with Crippen LogP contribution in [0.5, 0.6) is 5.75 Å². The van der Waals surface area contributed by atoms with E-state index in [0.717, 1.165) is 6.54 Å². The molecule has 0 unspecified atom stereocenters. The molecule has 1 rings (SSSR count). The molecular formula is C13H15ClFNO. The zero-order chi connectivity index (χ0) is 12.7. The van der Waals surface area contributed by atoms with E-state index in [-0.39, 0.29) is 11.7 Å². The lowest BCUT2D eigenvalue weighted by Crippen LogP contribution is -2.19. The molecule has 0 aliphatic heterocycles. The van der Waals surface area contributed by atoms with Gasteiger partial charge >= 0.3 is 0 Å². The van der Waals surface area contributed by atoms with Crippen LogP contribution in [0.25, 0.3) is 0 Å². The first-order valence-corrected chi connectivity index (χ1v) is 5.79. The third kappa shape index (κ3) is 5.08. The lowest BCUT2D eigenvalue weighted by molar-refractivity contribution is 0.260. The summed E-state index contributed by atoms with van der Waals surface area (Å²) >= 11 is 5.49. The highest BCUT2D eigenvalue weighted by atomic mass is 35.5. The minimum absolute atomic E-state index is 0.245. The Hall–Kier alpha value is -1.24. The smallest absolute Gasteiger partial charge is 0.137 e. The van der Waals surface area contributed by atoms with E-state index in [1.807, 2.05) is 19.0 Å². The summed E-state index contributed by atoms with van der Waals surface area (Å²) in [7, 11) is 3.90. The summed E-state index contributed by atoms with van der Waals surface area (Å²) in [5.41, 5.74) is 0.658. The Kier molecular flexibility index (Phi) is 5.82. The van der Waals surface area contributed by atoms with E-state index in [2.05, 4.69) is 11.8 Å². The number of benzene rings is 1. The van der Waals surface area contributed by atoms with Gasteiger partial charge in [0.05, 0.1) is 11.4 Å². The minimum Gasteiger partial charge on any atom is -0.491 e. The van der Waals surface area contributed by atoms with Gasteiger partial charge in [-0.25, -0.2) is 4.39 Å². The van der Waals surface area contributed by atoms with Gasteiger partial charge in [-0.2, -0.15) is 0 Å². The molecule has 0 aromatic heterocycles. The van der Waals surface area contributed by atoms with Gasteiger partial charge in [-0.15, -0.1) is 11.6 Å². The summed E-state index contributed by atoms with van der Waals surface area (Å²) in [6, 6.07) is 4.30. The molecule has 4 heteroatoms. The summed E-state index contributed by atoms with van der Waals surface area (Å²) in [6.07, 6.45) is 0. The molecule has 0 aliphatic carbocycles. The molecule has 92 valence electrons. The van der Waals surface area contributed by atoms with Gasteiger partial charge in [0.2, 0.25) is 0 Å². The van der Waals surface area contributed by atoms with Crippen molar-refractivity contribution < 1.29 is 9.13 Å². The van der Waals surface area contributed by atoms with Crippen LogP contribution in [0, 0.1) is 17.7 Å². The van der Waals surface area contributed by atoms with Gasteiger partial charge in [0.15, 0.2) is 0 Å². The van der Waals surface area contributed by atoms with Crippen molar-refractivity contribution in [2.24, 2.45) is 0 Å². The number of halogens is 2. The lowest BCUT2D eigenvalue weighted by Gasteiger charge is -2.12. The van der Waals surface area contributed by atoms with Crippen molar-refractivity contribution in [2.75, 3.05) is 33.1 Å². The van der Waals surface area contributed by atoms with Crippen molar-refractivity contribution in [3.8, 4) is 17.6 Å². The van der Waals surface area contributed by atoms with E-state index in [9.17, 15) is 4.39 Å². The van der Waals surface area contributed by atoms with Crippen LogP contribution in [-0.2, 0) is 0 Å². The second-order valence-electron chi connectivity index (χ2n) is 3.73. The van der Waals surface area contributed by atoms with Crippen molar-refractivity contribution in [3.05, 3.63) is 29.6 Å². The van der Waals surface area contributed by atoms with E-state index in [4.69, 9.17) is 16.3 Å². The standard InChI is InChI=1S/C13H15ClFNO/c1-16(2)8-9-17-13-10-12(15)6-5-11(13)4-3-7-14/h5-6,10H,7-9H2,1-2H3. The van der Waals surface area contributed by atoms with Gasteiger partial charge in [-0.1, -0.05) is 11.8 Å². The van der Waals surface area contributed by atoms with Gasteiger partial charge in [0.25, 0.3) is 0 Å². The number of rotatable bonds is 4. The zero-order valence-electron chi connectivity index (χ0n) is 9.96. The fourth-order valence-electron chi connectivity index (χ4n) is 1.19. The molecule has 1 aromatic rings. The van der Waals surface area contributed by atoms with E-state index < -0.39 is 0 Å². The number of ether oxygens (including phenoxy) is 1. The first-order valence-electron chi connectivity index (χ1n) is 5.25. The maximum Gasteiger partial charge on any atom is 0.137 e. The van der Waals surface area contributed by atoms with Crippen LogP contribution in [0.3, 0.4) is 0 Å². The first kappa shape index (κ1) is 13.8. The minimum atomic E-state index is -0.332. The number of hydrogen-bond donors (Lipinski definition) is 0. The molecular weight excluding hydrogens is 241 g/mol. The molecule has 0 heterocycles. The number of alkyl halides is 1. The van der Waals surface area contributed by atoms with Crippen LogP contribution in [0.15, 0.2) is 18.2 Å². The Morgan fingerprint density at radius 2 is 2.18 bits per heavy atom. The predicted molar refractivity (Wildman–Crippen MR) is 68.0 cm³/mol. The third-order valence-electron chi connectivity index (χ3n) is 2.03. The average molecular weight is 256 g/mol. The maximum atomic E-state index is 13.1. The molecule has 0 bridgehead atoms. The molecule has 0 saturated heterocycles. The van der Waals surface area contributed by atoms with E-state index in [0.29, 0.717) is 17.9 Å². The van der Waals surface area contributed by atoms with Crippen molar-refractivity contribution in [2.45, 2.75) is 0 Å². The van der Waals surface area contributed by atoms with Crippen LogP contribution < -0.4 is 4.74 Å². The number of likely N-dealkylation sites (N-methyl/N-ethyl adjacent to an activating group) is 1. The normalized spacial score (nSPS) is 9.94. The largest absolute Gasteiger partial charge is 0.491 e. The average Bonchev–Trinajstić information content (AvgIpc) is 2.27. The molecule has 17 heavy (non-hydrogen) atoms. The fourth-order valence-corrected chi connectivity index (χ4v) is 1.25. The van der Waals surface area contributed by atoms with Crippen LogP contribution in [-0.4, -0.2) is 38.0 Å². The second-order valence-corrected chi connectivity index (χ2v) is 3.99. The molecule has 0 spiro atoms. The van der Waals surface area contributed by atoms with Crippen LogP contribution in [0.4, 0.5) is 4.39 Å². The lowest BCUT2D eigenvalue weighted by atomic mass is 10.2. The fraction of sp³-hybridized carbons (Fsp3) is 0.385. The Morgan fingerprint density at radius 3 is 2.82 bits per heavy atom. The molecule has 0 amide bonds. The van der Waals surface area contributed by atoms with Gasteiger partial charge in [0, 0.05) is 12.6 Å². The van der Waals surface area contributed by atoms with E-state index in [1.54, 1.807) is 6.07 Å². The molecule has 0 saturated carbocycles. The van der Waals surface area contributed by atoms with Crippen LogP contribution >= 0.6 is 11.6 Å². The van der Waals surface area contributed by atoms with Crippen LogP contribution in [0.2, 0.25) is 0 Å². The molecule has 0 atom stereocenters. The zero-order valence-corrected chi connectivity index (χ0v) is 10.7. The summed E-state index contributed by atoms with van der Waals surface area (Å²) in [4.78, 5) is 1.99. The molecule has 0 fully saturated rings. The van der Waals surface area contributed by atoms with Gasteiger partial charge < -0.3 is 9.64 Å². The molecule has 1 aromatic carbocycles. The quantitative estimate of drug-likeness (QED) is 0.605. The van der Waals surface area contributed by atoms with Crippen molar-refractivity contribution >= 4 is 11.6 Å². The Morgan fingerprint density at radius 1 is 1.41 bits per heavy atom. The Bertz CT molecular complexity index is 423. The third-order valence-corrected chi connectivity index (χ3v) is 2.16. The summed E-state index contributed by atoms with van der Waals surface area (Å²) in [6.45, 7) is 1.25. The van der Waals surface area contributed by atoms with Crippen LogP contribution in [0.1, 0.15) is 5.56 Å². The Balaban J connectivity index is 2.76. The monoisotopic (exact) mass is 255 g/mol. The second kappa shape index (κ2) is 7.16. The highest BCUT2D eigenvalue weighted by Crippen LogP contribution is 2.18. The molecule has 0 N–H and O–H groups in total. The molecule has 2 nitrogen and oxygen atoms in total. The SMILES string of the molecule is CN(C)CCOc1cc(F)ccc1C#CCCl. The van der Waals surface area contributed by atoms with Crippen molar-refractivity contribution in [3.63, 3.8) is 0 Å². The molecule has 0 radical (unpaired) electrons. The number of hydrogen-bond acceptors (Lipinski definition) is 2. The van der Waals surface area contributed by atoms with Crippen molar-refractivity contribution in [1.82, 2.24) is 4.90 Å². The topological polar surface area (TPSA) is 12.5 Å². The van der Waals surface area contributed by atoms with Gasteiger partial charge in [-0.05, 0) is 26.2 Å². The first-order chi connectivity index (χ1) is 8.13. The maximum absolute atomic E-state index is 13.1. The van der Waals surface area contributed by atoms with Gasteiger partial charge in [0.1, 0.15) is 18.2 Å². The summed E-state index contributed by atoms with van der Waals surface area (Å²) < 4.78 is 18.6. The molecule has 0 aliphatic rings. The summed E-state index contributed by atoms with van der Waals surface area (Å²) in [5.74, 6) is 5.94. The van der Waals surface area contributed by atoms with E-state index >= 15 is 0 Å². The van der Waals surface area contributed by atoms with E-state index in [1.165, 1.54) is 12.1 Å². The predicted octanol–water partition coefficient (Wildman–Crippen LogP) is 2.36. The number of nitrogens with zero attached hydrogens (tertiary/aromatic N) is 1.